The van der Waals surface area contributed by atoms with Gasteiger partial charge in [0, 0.05) is 24.8 Å². The van der Waals surface area contributed by atoms with Gasteiger partial charge in [0.05, 0.1) is 25.0 Å². The minimum absolute atomic E-state index is 0.0118. The van der Waals surface area contributed by atoms with Crippen LogP contribution in [0.25, 0.3) is 0 Å². The number of piperidine rings is 1. The molecule has 1 atom stereocenters. The molecule has 12 heteroatoms. The molecule has 0 saturated carbocycles. The number of nitrogens with one attached hydrogen (secondary N) is 2. The SMILES string of the molecule is CNS(=O)(=O)c1ccc(C)c(NC(=O)C2CCCN(S(=O)(=O)c3cc(OC)ccc3OC)C2)c1. The highest BCUT2D eigenvalue weighted by atomic mass is 32.2. The summed E-state index contributed by atoms with van der Waals surface area (Å²) in [6.07, 6.45) is 0.997. The lowest BCUT2D eigenvalue weighted by molar-refractivity contribution is -0.120. The minimum Gasteiger partial charge on any atom is -0.497 e. The number of hydrogen-bond acceptors (Lipinski definition) is 7. The quantitative estimate of drug-likeness (QED) is 0.554. The summed E-state index contributed by atoms with van der Waals surface area (Å²) in [5.41, 5.74) is 1.04. The number of rotatable bonds is 8. The zero-order chi connectivity index (χ0) is 25.1. The first-order valence-corrected chi connectivity index (χ1v) is 13.5. The van der Waals surface area contributed by atoms with E-state index in [2.05, 4.69) is 10.0 Å². The number of anilines is 1. The van der Waals surface area contributed by atoms with E-state index in [1.165, 1.54) is 49.8 Å². The number of nitrogens with zero attached hydrogens (tertiary/aromatic N) is 1. The van der Waals surface area contributed by atoms with E-state index in [1.807, 2.05) is 0 Å². The van der Waals surface area contributed by atoms with Crippen LogP contribution < -0.4 is 19.5 Å². The fourth-order valence-electron chi connectivity index (χ4n) is 3.75. The Balaban J connectivity index is 1.83. The van der Waals surface area contributed by atoms with E-state index in [9.17, 15) is 21.6 Å². The van der Waals surface area contributed by atoms with Gasteiger partial charge in [0.1, 0.15) is 16.4 Å². The molecule has 2 aromatic carbocycles. The van der Waals surface area contributed by atoms with Crippen LogP contribution in [0.1, 0.15) is 18.4 Å². The predicted molar refractivity (Wildman–Crippen MR) is 127 cm³/mol. The molecule has 0 aromatic heterocycles. The lowest BCUT2D eigenvalue weighted by atomic mass is 9.98. The van der Waals surface area contributed by atoms with Crippen molar-refractivity contribution >= 4 is 31.6 Å². The third kappa shape index (κ3) is 5.35. The second kappa shape index (κ2) is 10.3. The van der Waals surface area contributed by atoms with Crippen molar-refractivity contribution in [2.75, 3.05) is 39.7 Å². The van der Waals surface area contributed by atoms with Crippen LogP contribution >= 0.6 is 0 Å². The zero-order valence-electron chi connectivity index (χ0n) is 19.5. The number of sulfonamides is 2. The summed E-state index contributed by atoms with van der Waals surface area (Å²) in [4.78, 5) is 13.0. The molecular formula is C22H29N3O7S2. The second-order valence-electron chi connectivity index (χ2n) is 7.89. The van der Waals surface area contributed by atoms with Crippen LogP contribution in [0.3, 0.4) is 0 Å². The Morgan fingerprint density at radius 1 is 1.06 bits per heavy atom. The van der Waals surface area contributed by atoms with E-state index >= 15 is 0 Å². The highest BCUT2D eigenvalue weighted by Gasteiger charge is 2.35. The number of ether oxygens (including phenoxy) is 2. The van der Waals surface area contributed by atoms with Crippen LogP contribution in [0, 0.1) is 12.8 Å². The van der Waals surface area contributed by atoms with Crippen molar-refractivity contribution in [2.45, 2.75) is 29.6 Å². The summed E-state index contributed by atoms with van der Waals surface area (Å²) < 4.78 is 64.9. The average Bonchev–Trinajstić information content (AvgIpc) is 2.84. The van der Waals surface area contributed by atoms with Gasteiger partial charge in [-0.25, -0.2) is 21.6 Å². The number of benzene rings is 2. The van der Waals surface area contributed by atoms with Gasteiger partial charge in [-0.3, -0.25) is 4.79 Å². The van der Waals surface area contributed by atoms with E-state index in [4.69, 9.17) is 9.47 Å². The molecule has 34 heavy (non-hydrogen) atoms. The molecule has 2 aromatic rings. The fraction of sp³-hybridized carbons (Fsp3) is 0.409. The summed E-state index contributed by atoms with van der Waals surface area (Å²) in [6, 6.07) is 8.97. The molecule has 1 aliphatic rings. The molecule has 0 radical (unpaired) electrons. The lowest BCUT2D eigenvalue weighted by Gasteiger charge is -2.31. The molecule has 0 aliphatic carbocycles. The van der Waals surface area contributed by atoms with Gasteiger partial charge in [0.25, 0.3) is 0 Å². The van der Waals surface area contributed by atoms with Crippen LogP contribution in [-0.4, -0.2) is 61.4 Å². The smallest absolute Gasteiger partial charge is 0.246 e. The minimum atomic E-state index is -3.95. The summed E-state index contributed by atoms with van der Waals surface area (Å²) in [5.74, 6) is -0.424. The summed E-state index contributed by atoms with van der Waals surface area (Å²) >= 11 is 0. The van der Waals surface area contributed by atoms with E-state index in [-0.39, 0.29) is 34.5 Å². The summed E-state index contributed by atoms with van der Waals surface area (Å²) in [7, 11) is -3.50. The Bertz CT molecular complexity index is 1280. The van der Waals surface area contributed by atoms with Gasteiger partial charge in [-0.05, 0) is 56.6 Å². The van der Waals surface area contributed by atoms with Crippen molar-refractivity contribution in [1.82, 2.24) is 9.03 Å². The Morgan fingerprint density at radius 2 is 1.79 bits per heavy atom. The van der Waals surface area contributed by atoms with Gasteiger partial charge in [-0.2, -0.15) is 4.31 Å². The van der Waals surface area contributed by atoms with Gasteiger partial charge in [-0.15, -0.1) is 0 Å². The highest BCUT2D eigenvalue weighted by Crippen LogP contribution is 2.33. The first-order chi connectivity index (χ1) is 16.0. The van der Waals surface area contributed by atoms with Crippen molar-refractivity contribution in [3.8, 4) is 11.5 Å². The molecule has 1 amide bonds. The Labute approximate surface area is 200 Å². The Morgan fingerprint density at radius 3 is 2.44 bits per heavy atom. The fourth-order valence-corrected chi connectivity index (χ4v) is 6.21. The standard InChI is InChI=1S/C22H29N3O7S2/c1-15-7-9-18(33(27,28)23-2)13-19(15)24-22(26)16-6-5-11-25(14-16)34(29,30)21-12-17(31-3)8-10-20(21)32-4/h7-10,12-13,16,23H,5-6,11,14H2,1-4H3,(H,24,26). The molecule has 2 N–H and O–H groups in total. The van der Waals surface area contributed by atoms with E-state index in [0.717, 1.165) is 0 Å². The topological polar surface area (TPSA) is 131 Å². The zero-order valence-corrected chi connectivity index (χ0v) is 21.1. The van der Waals surface area contributed by atoms with Crippen molar-refractivity contribution in [3.63, 3.8) is 0 Å². The molecule has 1 fully saturated rings. The maximum Gasteiger partial charge on any atom is 0.246 e. The lowest BCUT2D eigenvalue weighted by Crippen LogP contribution is -2.43. The first kappa shape index (κ1) is 25.9. The van der Waals surface area contributed by atoms with Crippen LogP contribution in [0.2, 0.25) is 0 Å². The van der Waals surface area contributed by atoms with Crippen molar-refractivity contribution in [2.24, 2.45) is 5.92 Å². The number of amides is 1. The summed E-state index contributed by atoms with van der Waals surface area (Å²) in [5, 5.41) is 2.77. The number of carbonyl (C=O) groups is 1. The maximum atomic E-state index is 13.4. The number of carbonyl (C=O) groups excluding carboxylic acids is 1. The third-order valence-electron chi connectivity index (χ3n) is 5.79. The molecular weight excluding hydrogens is 482 g/mol. The molecule has 186 valence electrons. The summed E-state index contributed by atoms with van der Waals surface area (Å²) in [6.45, 7) is 2.00. The van der Waals surface area contributed by atoms with Gasteiger partial charge in [-0.1, -0.05) is 6.07 Å². The maximum absolute atomic E-state index is 13.4. The van der Waals surface area contributed by atoms with Crippen molar-refractivity contribution < 1.29 is 31.1 Å². The van der Waals surface area contributed by atoms with E-state index < -0.39 is 26.0 Å². The number of hydrogen-bond donors (Lipinski definition) is 2. The predicted octanol–water partition coefficient (Wildman–Crippen LogP) is 1.96. The third-order valence-corrected chi connectivity index (χ3v) is 9.09. The van der Waals surface area contributed by atoms with Crippen LogP contribution in [0.15, 0.2) is 46.2 Å². The highest BCUT2D eigenvalue weighted by molar-refractivity contribution is 7.89. The monoisotopic (exact) mass is 511 g/mol. The molecule has 1 heterocycles. The Hall–Kier alpha value is -2.67. The van der Waals surface area contributed by atoms with E-state index in [0.29, 0.717) is 29.8 Å². The second-order valence-corrected chi connectivity index (χ2v) is 11.7. The number of methoxy groups -OCH3 is 2. The molecule has 3 rings (SSSR count). The normalized spacial score (nSPS) is 17.2. The molecule has 0 bridgehead atoms. The number of aryl methyl sites for hydroxylation is 1. The Kier molecular flexibility index (Phi) is 7.86. The van der Waals surface area contributed by atoms with E-state index in [1.54, 1.807) is 19.1 Å². The largest absolute Gasteiger partial charge is 0.497 e. The van der Waals surface area contributed by atoms with Crippen LogP contribution in [0.4, 0.5) is 5.69 Å². The van der Waals surface area contributed by atoms with Crippen molar-refractivity contribution in [1.29, 1.82) is 0 Å². The molecule has 0 spiro atoms. The molecule has 1 saturated heterocycles. The van der Waals surface area contributed by atoms with Gasteiger partial charge >= 0.3 is 0 Å². The average molecular weight is 512 g/mol. The first-order valence-electron chi connectivity index (χ1n) is 10.6. The molecule has 10 nitrogen and oxygen atoms in total. The molecule has 1 unspecified atom stereocenters. The van der Waals surface area contributed by atoms with Crippen molar-refractivity contribution in [3.05, 3.63) is 42.0 Å². The van der Waals surface area contributed by atoms with Gasteiger partial charge in [0.2, 0.25) is 26.0 Å². The van der Waals surface area contributed by atoms with Gasteiger partial charge < -0.3 is 14.8 Å². The van der Waals surface area contributed by atoms with Gasteiger partial charge in [0.15, 0.2) is 0 Å². The molecule has 1 aliphatic heterocycles. The van der Waals surface area contributed by atoms with Crippen LogP contribution in [-0.2, 0) is 24.8 Å². The van der Waals surface area contributed by atoms with Crippen LogP contribution in [0.5, 0.6) is 11.5 Å².